The van der Waals surface area contributed by atoms with E-state index in [4.69, 9.17) is 14.7 Å². The van der Waals surface area contributed by atoms with Crippen LogP contribution < -0.4 is 14.8 Å². The fourth-order valence-corrected chi connectivity index (χ4v) is 3.93. The first-order valence-corrected chi connectivity index (χ1v) is 11.1. The van der Waals surface area contributed by atoms with E-state index >= 15 is 0 Å². The molecule has 0 saturated carbocycles. The Balaban J connectivity index is 1.72. The molecule has 6 heteroatoms. The van der Waals surface area contributed by atoms with Crippen molar-refractivity contribution in [3.8, 4) is 28.8 Å². The van der Waals surface area contributed by atoms with E-state index in [0.717, 1.165) is 52.8 Å². The number of nitrogens with one attached hydrogen (secondary N) is 1. The minimum absolute atomic E-state index is 0.387. The highest BCUT2D eigenvalue weighted by atomic mass is 32.1. The van der Waals surface area contributed by atoms with Gasteiger partial charge in [-0.05, 0) is 68.8 Å². The Labute approximate surface area is 182 Å². The molecule has 1 aromatic heterocycles. The quantitative estimate of drug-likeness (QED) is 0.384. The number of rotatable bonds is 10. The summed E-state index contributed by atoms with van der Waals surface area (Å²) in [5.41, 5.74) is 2.64. The number of aromatic nitrogens is 1. The second-order valence-corrected chi connectivity index (χ2v) is 8.11. The average Bonchev–Trinajstić information content (AvgIpc) is 3.13. The summed E-state index contributed by atoms with van der Waals surface area (Å²) in [7, 11) is 0. The van der Waals surface area contributed by atoms with Crippen molar-refractivity contribution in [1.29, 1.82) is 5.26 Å². The second kappa shape index (κ2) is 10.7. The molecular formula is C24H27N3O2S. The van der Waals surface area contributed by atoms with Gasteiger partial charge in [-0.1, -0.05) is 13.3 Å². The van der Waals surface area contributed by atoms with Crippen LogP contribution in [0.3, 0.4) is 0 Å². The molecule has 3 aromatic rings. The van der Waals surface area contributed by atoms with Crippen LogP contribution in [0.15, 0.2) is 48.5 Å². The maximum atomic E-state index is 8.95. The molecule has 0 fully saturated rings. The van der Waals surface area contributed by atoms with Crippen molar-refractivity contribution < 1.29 is 9.47 Å². The number of hydrogen-bond acceptors (Lipinski definition) is 6. The summed E-state index contributed by atoms with van der Waals surface area (Å²) in [6, 6.07) is 17.2. The lowest BCUT2D eigenvalue weighted by Crippen LogP contribution is -2.23. The van der Waals surface area contributed by atoms with Crippen LogP contribution in [0.1, 0.15) is 43.7 Å². The van der Waals surface area contributed by atoms with Crippen molar-refractivity contribution in [2.75, 3.05) is 11.9 Å². The third kappa shape index (κ3) is 5.74. The minimum atomic E-state index is -0.387. The molecule has 0 saturated heterocycles. The Morgan fingerprint density at radius 2 is 1.67 bits per heavy atom. The minimum Gasteiger partial charge on any atom is -0.455 e. The van der Waals surface area contributed by atoms with Crippen LogP contribution in [-0.2, 0) is 0 Å². The van der Waals surface area contributed by atoms with Gasteiger partial charge in [0.2, 0.25) is 6.29 Å². The standard InChI is InChI=1S/C24H27N3O2S/c1-4-6-7-22(28-20-12-8-18(16-25)9-13-20)29-21-14-10-19(11-15-21)23-24(26-5-2)30-17(3)27-23/h8-15,22,26H,4-7H2,1-3H3. The second-order valence-electron chi connectivity index (χ2n) is 6.91. The van der Waals surface area contributed by atoms with Gasteiger partial charge in [0.15, 0.2) is 0 Å². The predicted octanol–water partition coefficient (Wildman–Crippen LogP) is 6.40. The van der Waals surface area contributed by atoms with E-state index in [1.54, 1.807) is 35.6 Å². The molecule has 156 valence electrons. The first-order valence-electron chi connectivity index (χ1n) is 10.3. The molecule has 0 aliphatic heterocycles. The predicted molar refractivity (Wildman–Crippen MR) is 122 cm³/mol. The van der Waals surface area contributed by atoms with Crippen molar-refractivity contribution >= 4 is 16.3 Å². The average molecular weight is 422 g/mol. The molecule has 1 atom stereocenters. The molecule has 1 N–H and O–H groups in total. The summed E-state index contributed by atoms with van der Waals surface area (Å²) in [6.07, 6.45) is 2.46. The molecule has 30 heavy (non-hydrogen) atoms. The molecule has 3 rings (SSSR count). The van der Waals surface area contributed by atoms with E-state index in [-0.39, 0.29) is 6.29 Å². The van der Waals surface area contributed by atoms with Gasteiger partial charge in [-0.15, -0.1) is 11.3 Å². The lowest BCUT2D eigenvalue weighted by Gasteiger charge is -2.20. The molecule has 0 spiro atoms. The van der Waals surface area contributed by atoms with Gasteiger partial charge in [0.25, 0.3) is 0 Å². The lowest BCUT2D eigenvalue weighted by molar-refractivity contribution is -0.00211. The van der Waals surface area contributed by atoms with Gasteiger partial charge in [0, 0.05) is 18.5 Å². The summed E-state index contributed by atoms with van der Waals surface area (Å²) < 4.78 is 12.2. The van der Waals surface area contributed by atoms with E-state index in [9.17, 15) is 0 Å². The molecule has 1 heterocycles. The van der Waals surface area contributed by atoms with Crippen LogP contribution in [-0.4, -0.2) is 17.8 Å². The maximum absolute atomic E-state index is 8.95. The molecule has 0 bridgehead atoms. The Morgan fingerprint density at radius 1 is 1.03 bits per heavy atom. The summed E-state index contributed by atoms with van der Waals surface area (Å²) in [6.45, 7) is 7.11. The molecule has 5 nitrogen and oxygen atoms in total. The molecule has 0 aliphatic rings. The topological polar surface area (TPSA) is 67.2 Å². The fraction of sp³-hybridized carbons (Fsp3) is 0.333. The van der Waals surface area contributed by atoms with Crippen molar-refractivity contribution in [3.63, 3.8) is 0 Å². The zero-order valence-corrected chi connectivity index (χ0v) is 18.5. The SMILES string of the molecule is CCCCC(Oc1ccc(C#N)cc1)Oc1ccc(-c2nc(C)sc2NCC)cc1. The number of nitrogens with zero attached hydrogens (tertiary/aromatic N) is 2. The third-order valence-electron chi connectivity index (χ3n) is 4.51. The first-order chi connectivity index (χ1) is 14.6. The summed E-state index contributed by atoms with van der Waals surface area (Å²) in [4.78, 5) is 4.67. The highest BCUT2D eigenvalue weighted by Crippen LogP contribution is 2.33. The number of benzene rings is 2. The van der Waals surface area contributed by atoms with Crippen LogP contribution in [0, 0.1) is 18.3 Å². The number of hydrogen-bond donors (Lipinski definition) is 1. The van der Waals surface area contributed by atoms with Gasteiger partial charge in [-0.3, -0.25) is 0 Å². The van der Waals surface area contributed by atoms with E-state index in [1.807, 2.05) is 31.2 Å². The van der Waals surface area contributed by atoms with E-state index in [0.29, 0.717) is 11.3 Å². The Bertz CT molecular complexity index is 975. The Hall–Kier alpha value is -3.04. The zero-order chi connectivity index (χ0) is 21.3. The number of aryl methyl sites for hydroxylation is 1. The highest BCUT2D eigenvalue weighted by molar-refractivity contribution is 7.16. The van der Waals surface area contributed by atoms with Gasteiger partial charge in [-0.25, -0.2) is 4.98 Å². The first kappa shape index (κ1) is 21.7. The van der Waals surface area contributed by atoms with Crippen molar-refractivity contribution in [2.24, 2.45) is 0 Å². The van der Waals surface area contributed by atoms with Crippen LogP contribution in [0.2, 0.25) is 0 Å². The number of thiazole rings is 1. The highest BCUT2D eigenvalue weighted by Gasteiger charge is 2.14. The number of nitriles is 1. The number of unbranched alkanes of at least 4 members (excludes halogenated alkanes) is 1. The molecule has 0 amide bonds. The van der Waals surface area contributed by atoms with Crippen molar-refractivity contribution in [2.45, 2.75) is 46.3 Å². The Kier molecular flexibility index (Phi) is 7.69. The molecule has 2 aromatic carbocycles. The molecular weight excluding hydrogens is 394 g/mol. The van der Waals surface area contributed by atoms with Gasteiger partial charge < -0.3 is 14.8 Å². The van der Waals surface area contributed by atoms with Gasteiger partial charge >= 0.3 is 0 Å². The van der Waals surface area contributed by atoms with Gasteiger partial charge in [0.05, 0.1) is 16.6 Å². The number of ether oxygens (including phenoxy) is 2. The summed E-state index contributed by atoms with van der Waals surface area (Å²) in [5, 5.41) is 14.5. The number of anilines is 1. The normalized spacial score (nSPS) is 11.5. The largest absolute Gasteiger partial charge is 0.455 e. The zero-order valence-electron chi connectivity index (χ0n) is 17.6. The van der Waals surface area contributed by atoms with Crippen LogP contribution in [0.5, 0.6) is 11.5 Å². The van der Waals surface area contributed by atoms with Crippen LogP contribution in [0.25, 0.3) is 11.3 Å². The van der Waals surface area contributed by atoms with E-state index < -0.39 is 0 Å². The van der Waals surface area contributed by atoms with E-state index in [2.05, 4.69) is 30.2 Å². The summed E-state index contributed by atoms with van der Waals surface area (Å²) >= 11 is 1.67. The lowest BCUT2D eigenvalue weighted by atomic mass is 10.1. The summed E-state index contributed by atoms with van der Waals surface area (Å²) in [5.74, 6) is 1.45. The monoisotopic (exact) mass is 421 g/mol. The van der Waals surface area contributed by atoms with Crippen molar-refractivity contribution in [1.82, 2.24) is 4.98 Å². The molecule has 0 radical (unpaired) electrons. The molecule has 0 aliphatic carbocycles. The maximum Gasteiger partial charge on any atom is 0.241 e. The van der Waals surface area contributed by atoms with Crippen LogP contribution >= 0.6 is 11.3 Å². The third-order valence-corrected chi connectivity index (χ3v) is 5.44. The molecule has 1 unspecified atom stereocenters. The Morgan fingerprint density at radius 3 is 2.23 bits per heavy atom. The van der Waals surface area contributed by atoms with E-state index in [1.165, 1.54) is 0 Å². The van der Waals surface area contributed by atoms with Gasteiger partial charge in [0.1, 0.15) is 22.2 Å². The smallest absolute Gasteiger partial charge is 0.241 e. The van der Waals surface area contributed by atoms with Crippen LogP contribution in [0.4, 0.5) is 5.00 Å². The van der Waals surface area contributed by atoms with Gasteiger partial charge in [-0.2, -0.15) is 5.26 Å². The van der Waals surface area contributed by atoms with Crippen molar-refractivity contribution in [3.05, 3.63) is 59.1 Å². The fourth-order valence-electron chi connectivity index (χ4n) is 3.02.